The lowest BCUT2D eigenvalue weighted by Gasteiger charge is -2.27. The average molecular weight is 310 g/mol. The third-order valence-electron chi connectivity index (χ3n) is 3.68. The summed E-state index contributed by atoms with van der Waals surface area (Å²) in [4.78, 5) is 15.8. The van der Waals surface area contributed by atoms with Crippen LogP contribution in [0.5, 0.6) is 0 Å². The van der Waals surface area contributed by atoms with Gasteiger partial charge in [0.05, 0.1) is 0 Å². The van der Waals surface area contributed by atoms with Crippen molar-refractivity contribution in [1.29, 1.82) is 0 Å². The Bertz CT molecular complexity index is 435. The lowest BCUT2D eigenvalue weighted by molar-refractivity contribution is 0.567. The van der Waals surface area contributed by atoms with E-state index in [0.717, 1.165) is 31.2 Å². The zero-order chi connectivity index (χ0) is 15.1. The highest BCUT2D eigenvalue weighted by Gasteiger charge is 2.17. The monoisotopic (exact) mass is 310 g/mol. The predicted octanol–water partition coefficient (Wildman–Crippen LogP) is 2.46. The summed E-state index contributed by atoms with van der Waals surface area (Å²) in [6, 6.07) is 0.390. The Hall–Kier alpha value is -1.24. The Kier molecular flexibility index (Phi) is 6.35. The second-order valence-corrected chi connectivity index (χ2v) is 6.20. The molecule has 0 aliphatic carbocycles. The lowest BCUT2D eigenvalue weighted by Crippen LogP contribution is -2.32. The Morgan fingerprint density at radius 2 is 1.86 bits per heavy atom. The summed E-state index contributed by atoms with van der Waals surface area (Å²) in [7, 11) is 1.85. The van der Waals surface area contributed by atoms with Crippen LogP contribution in [0, 0.1) is 0 Å². The van der Waals surface area contributed by atoms with Gasteiger partial charge < -0.3 is 15.5 Å². The molecule has 0 amide bonds. The minimum atomic E-state index is 0.390. The van der Waals surface area contributed by atoms with Gasteiger partial charge in [-0.15, -0.1) is 0 Å². The highest BCUT2D eigenvalue weighted by molar-refractivity contribution is 7.98. The van der Waals surface area contributed by atoms with Gasteiger partial charge in [0, 0.05) is 31.9 Å². The summed E-state index contributed by atoms with van der Waals surface area (Å²) in [5.41, 5.74) is 0. The van der Waals surface area contributed by atoms with Gasteiger partial charge in [-0.3, -0.25) is 0 Å². The molecule has 6 nitrogen and oxygen atoms in total. The first kappa shape index (κ1) is 16.1. The number of nitrogens with zero attached hydrogens (tertiary/aromatic N) is 4. The molecule has 0 aromatic carbocycles. The van der Waals surface area contributed by atoms with Crippen LogP contribution >= 0.6 is 11.8 Å². The molecule has 1 aliphatic heterocycles. The van der Waals surface area contributed by atoms with Crippen LogP contribution in [0.1, 0.15) is 32.6 Å². The molecular formula is C14H26N6S. The minimum Gasteiger partial charge on any atom is -0.357 e. The van der Waals surface area contributed by atoms with Crippen molar-refractivity contribution in [3.63, 3.8) is 0 Å². The first-order chi connectivity index (χ1) is 10.3. The van der Waals surface area contributed by atoms with Crippen molar-refractivity contribution in [1.82, 2.24) is 15.0 Å². The van der Waals surface area contributed by atoms with E-state index >= 15 is 0 Å². The van der Waals surface area contributed by atoms with Crippen LogP contribution < -0.4 is 15.5 Å². The molecule has 1 aromatic rings. The number of aromatic nitrogens is 3. The number of nitrogens with one attached hydrogen (secondary N) is 2. The van der Waals surface area contributed by atoms with Crippen LogP contribution in [-0.2, 0) is 0 Å². The number of thioether (sulfide) groups is 1. The van der Waals surface area contributed by atoms with E-state index in [-0.39, 0.29) is 0 Å². The van der Waals surface area contributed by atoms with E-state index in [0.29, 0.717) is 17.9 Å². The molecule has 2 rings (SSSR count). The molecule has 7 heteroatoms. The number of hydrogen-bond donors (Lipinski definition) is 2. The van der Waals surface area contributed by atoms with E-state index in [9.17, 15) is 0 Å². The van der Waals surface area contributed by atoms with Gasteiger partial charge in [-0.1, -0.05) is 6.92 Å². The van der Waals surface area contributed by atoms with Crippen molar-refractivity contribution >= 4 is 29.6 Å². The number of rotatable bonds is 7. The number of piperidine rings is 1. The molecule has 1 fully saturated rings. The fourth-order valence-electron chi connectivity index (χ4n) is 2.42. The van der Waals surface area contributed by atoms with Crippen molar-refractivity contribution in [3.05, 3.63) is 0 Å². The van der Waals surface area contributed by atoms with E-state index < -0.39 is 0 Å². The molecule has 1 unspecified atom stereocenters. The van der Waals surface area contributed by atoms with Gasteiger partial charge in [0.25, 0.3) is 0 Å². The van der Waals surface area contributed by atoms with Crippen molar-refractivity contribution in [2.24, 2.45) is 0 Å². The van der Waals surface area contributed by atoms with Gasteiger partial charge in [0.2, 0.25) is 17.8 Å². The Morgan fingerprint density at radius 3 is 2.48 bits per heavy atom. The molecule has 118 valence electrons. The third kappa shape index (κ3) is 4.62. The number of anilines is 3. The molecule has 0 bridgehead atoms. The number of hydrogen-bond acceptors (Lipinski definition) is 7. The molecule has 21 heavy (non-hydrogen) atoms. The maximum absolute atomic E-state index is 4.62. The topological polar surface area (TPSA) is 66.0 Å². The SMILES string of the molecule is CCC(CSC)Nc1nc(NC)nc(N2CCCCC2)n1. The Morgan fingerprint density at radius 1 is 1.14 bits per heavy atom. The minimum absolute atomic E-state index is 0.390. The van der Waals surface area contributed by atoms with Gasteiger partial charge in [-0.05, 0) is 31.9 Å². The van der Waals surface area contributed by atoms with Crippen molar-refractivity contribution < 1.29 is 0 Å². The fourth-order valence-corrected chi connectivity index (χ4v) is 3.14. The second-order valence-electron chi connectivity index (χ2n) is 5.29. The van der Waals surface area contributed by atoms with Gasteiger partial charge in [-0.25, -0.2) is 0 Å². The summed E-state index contributed by atoms with van der Waals surface area (Å²) in [6.45, 7) is 4.25. The van der Waals surface area contributed by atoms with Crippen LogP contribution in [0.2, 0.25) is 0 Å². The molecule has 2 heterocycles. The third-order valence-corrected chi connectivity index (χ3v) is 4.42. The second kappa shape index (κ2) is 8.26. The van der Waals surface area contributed by atoms with Crippen LogP contribution in [0.4, 0.5) is 17.8 Å². The molecule has 1 aromatic heterocycles. The fraction of sp³-hybridized carbons (Fsp3) is 0.786. The quantitative estimate of drug-likeness (QED) is 0.802. The first-order valence-corrected chi connectivity index (χ1v) is 9.10. The Labute approximate surface area is 131 Å². The van der Waals surface area contributed by atoms with E-state index in [4.69, 9.17) is 0 Å². The van der Waals surface area contributed by atoms with Gasteiger partial charge in [-0.2, -0.15) is 26.7 Å². The van der Waals surface area contributed by atoms with E-state index in [1.54, 1.807) is 0 Å². The predicted molar refractivity (Wildman–Crippen MR) is 91.5 cm³/mol. The van der Waals surface area contributed by atoms with Crippen molar-refractivity contribution in [2.75, 3.05) is 47.7 Å². The van der Waals surface area contributed by atoms with E-state index in [1.807, 2.05) is 18.8 Å². The molecule has 1 atom stereocenters. The average Bonchev–Trinajstić information content (AvgIpc) is 2.55. The summed E-state index contributed by atoms with van der Waals surface area (Å²) < 4.78 is 0. The summed E-state index contributed by atoms with van der Waals surface area (Å²) in [6.07, 6.45) is 6.91. The normalized spacial score (nSPS) is 16.6. The van der Waals surface area contributed by atoms with Crippen LogP contribution in [0.3, 0.4) is 0 Å². The zero-order valence-corrected chi connectivity index (χ0v) is 14.0. The summed E-state index contributed by atoms with van der Waals surface area (Å²) in [5, 5.41) is 6.47. The molecule has 0 saturated carbocycles. The van der Waals surface area contributed by atoms with Crippen molar-refractivity contribution in [2.45, 2.75) is 38.6 Å². The molecular weight excluding hydrogens is 284 g/mol. The summed E-state index contributed by atoms with van der Waals surface area (Å²) >= 11 is 1.84. The lowest BCUT2D eigenvalue weighted by atomic mass is 10.1. The molecule has 2 N–H and O–H groups in total. The van der Waals surface area contributed by atoms with Crippen LogP contribution in [0.15, 0.2) is 0 Å². The van der Waals surface area contributed by atoms with Gasteiger partial charge in [0.15, 0.2) is 0 Å². The maximum Gasteiger partial charge on any atom is 0.231 e. The molecule has 1 aliphatic rings. The standard InChI is InChI=1S/C14H26N6S/c1-4-11(10-21-3)16-13-17-12(15-2)18-14(19-13)20-8-6-5-7-9-20/h11H,4-10H2,1-3H3,(H2,15,16,17,18,19). The van der Waals surface area contributed by atoms with Crippen LogP contribution in [-0.4, -0.2) is 53.1 Å². The summed E-state index contributed by atoms with van der Waals surface area (Å²) in [5.74, 6) is 3.15. The van der Waals surface area contributed by atoms with E-state index in [1.165, 1.54) is 19.3 Å². The van der Waals surface area contributed by atoms with E-state index in [2.05, 4.69) is 43.7 Å². The molecule has 0 spiro atoms. The smallest absolute Gasteiger partial charge is 0.231 e. The van der Waals surface area contributed by atoms with Crippen molar-refractivity contribution in [3.8, 4) is 0 Å². The maximum atomic E-state index is 4.62. The highest BCUT2D eigenvalue weighted by atomic mass is 32.2. The largest absolute Gasteiger partial charge is 0.357 e. The van der Waals surface area contributed by atoms with Gasteiger partial charge >= 0.3 is 0 Å². The first-order valence-electron chi connectivity index (χ1n) is 7.71. The van der Waals surface area contributed by atoms with Crippen LogP contribution in [0.25, 0.3) is 0 Å². The molecule has 1 saturated heterocycles. The molecule has 0 radical (unpaired) electrons. The Balaban J connectivity index is 2.16. The zero-order valence-electron chi connectivity index (χ0n) is 13.2. The van der Waals surface area contributed by atoms with Gasteiger partial charge in [0.1, 0.15) is 0 Å². The highest BCUT2D eigenvalue weighted by Crippen LogP contribution is 2.19.